The fourth-order valence-electron chi connectivity index (χ4n) is 3.79. The van der Waals surface area contributed by atoms with E-state index in [1.165, 1.54) is 12.1 Å². The molecule has 11 nitrogen and oxygen atoms in total. The zero-order valence-electron chi connectivity index (χ0n) is 19.1. The van der Waals surface area contributed by atoms with Gasteiger partial charge < -0.3 is 19.4 Å². The predicted octanol–water partition coefficient (Wildman–Crippen LogP) is 2.72. The largest absolute Gasteiger partial charge is 0.470 e. The van der Waals surface area contributed by atoms with Gasteiger partial charge in [0, 0.05) is 38.2 Å². The van der Waals surface area contributed by atoms with Gasteiger partial charge in [-0.3, -0.25) is 0 Å². The first-order valence-electron chi connectivity index (χ1n) is 11.0. The fraction of sp³-hybridized carbons (Fsp3) is 0.364. The van der Waals surface area contributed by atoms with Crippen molar-refractivity contribution in [2.24, 2.45) is 0 Å². The van der Waals surface area contributed by atoms with Crippen molar-refractivity contribution in [1.29, 1.82) is 0 Å². The highest BCUT2D eigenvalue weighted by Gasteiger charge is 2.26. The number of nitrogens with zero attached hydrogens (tertiary/aromatic N) is 8. The Kier molecular flexibility index (Phi) is 6.31. The summed E-state index contributed by atoms with van der Waals surface area (Å²) in [5.41, 5.74) is 1.90. The molecule has 0 saturated carbocycles. The Hall–Kier alpha value is -4.00. The molecule has 4 aromatic rings. The highest BCUT2D eigenvalue weighted by molar-refractivity contribution is 5.40. The van der Waals surface area contributed by atoms with Crippen molar-refractivity contribution in [3.63, 3.8) is 0 Å². The Morgan fingerprint density at radius 3 is 2.57 bits per heavy atom. The minimum absolute atomic E-state index is 0.0539. The van der Waals surface area contributed by atoms with Gasteiger partial charge in [0.25, 0.3) is 6.43 Å². The number of aryl methyl sites for hydroxylation is 2. The number of aromatic nitrogens is 7. The number of benzene rings is 1. The predicted molar refractivity (Wildman–Crippen MR) is 119 cm³/mol. The first-order valence-corrected chi connectivity index (χ1v) is 11.0. The molecule has 1 aliphatic heterocycles. The highest BCUT2D eigenvalue weighted by Crippen LogP contribution is 2.23. The first kappa shape index (κ1) is 22.8. The zero-order chi connectivity index (χ0) is 24.4. The molecule has 0 radical (unpaired) electrons. The Bertz CT molecular complexity index is 1280. The van der Waals surface area contributed by atoms with Crippen LogP contribution in [0.4, 0.5) is 14.6 Å². The average molecular weight is 483 g/mol. The lowest BCUT2D eigenvalue weighted by molar-refractivity contribution is 0.151. The minimum atomic E-state index is -2.53. The SMILES string of the molecule is Cc1nnc([C@@H]2CN(c3ccc(OCc4c(C)nnn4-c4ccc(C(F)F)cc4)nn3)CCN2)o1. The van der Waals surface area contributed by atoms with E-state index in [0.717, 1.165) is 13.1 Å². The third-order valence-corrected chi connectivity index (χ3v) is 5.67. The second-order valence-electron chi connectivity index (χ2n) is 8.06. The molecule has 0 bridgehead atoms. The van der Waals surface area contributed by atoms with Crippen molar-refractivity contribution >= 4 is 5.82 Å². The summed E-state index contributed by atoms with van der Waals surface area (Å²) in [4.78, 5) is 2.09. The fourth-order valence-corrected chi connectivity index (χ4v) is 3.79. The average Bonchev–Trinajstić information content (AvgIpc) is 3.48. The molecule has 0 aliphatic carbocycles. The van der Waals surface area contributed by atoms with Crippen molar-refractivity contribution in [2.45, 2.75) is 32.9 Å². The number of halogens is 2. The number of rotatable bonds is 7. The summed E-state index contributed by atoms with van der Waals surface area (Å²) in [6.45, 7) is 5.80. The molecular weight excluding hydrogens is 460 g/mol. The van der Waals surface area contributed by atoms with E-state index < -0.39 is 6.43 Å². The molecule has 3 aromatic heterocycles. The summed E-state index contributed by atoms with van der Waals surface area (Å²) >= 11 is 0. The summed E-state index contributed by atoms with van der Waals surface area (Å²) in [5.74, 6) is 2.12. The van der Waals surface area contributed by atoms with E-state index in [4.69, 9.17) is 9.15 Å². The van der Waals surface area contributed by atoms with Crippen LogP contribution in [-0.2, 0) is 6.61 Å². The second kappa shape index (κ2) is 9.70. The van der Waals surface area contributed by atoms with Gasteiger partial charge in [0.05, 0.1) is 11.4 Å². The van der Waals surface area contributed by atoms with Crippen molar-refractivity contribution in [1.82, 2.24) is 40.7 Å². The second-order valence-corrected chi connectivity index (χ2v) is 8.06. The van der Waals surface area contributed by atoms with Crippen LogP contribution in [0.15, 0.2) is 40.8 Å². The summed E-state index contributed by atoms with van der Waals surface area (Å²) < 4.78 is 38.7. The van der Waals surface area contributed by atoms with Gasteiger partial charge in [0.2, 0.25) is 17.7 Å². The molecular formula is C22H23F2N9O2. The van der Waals surface area contributed by atoms with Crippen LogP contribution < -0.4 is 15.0 Å². The molecule has 13 heteroatoms. The van der Waals surface area contributed by atoms with Gasteiger partial charge in [-0.1, -0.05) is 17.3 Å². The lowest BCUT2D eigenvalue weighted by Gasteiger charge is -2.32. The standard InChI is InChI=1S/C22H23F2N9O2/c1-13-18(33(31-26-13)16-5-3-15(4-6-16)21(23)24)12-34-20-8-7-19(28-29-20)32-10-9-25-17(11-32)22-30-27-14(2)35-22/h3-8,17,21,25H,9-12H2,1-2H3/t17-/m0/s1. The van der Waals surface area contributed by atoms with E-state index in [1.807, 2.05) is 6.07 Å². The van der Waals surface area contributed by atoms with Gasteiger partial charge in [-0.2, -0.15) is 0 Å². The number of anilines is 1. The molecule has 0 spiro atoms. The maximum atomic E-state index is 12.9. The smallest absolute Gasteiger partial charge is 0.263 e. The van der Waals surface area contributed by atoms with Gasteiger partial charge in [0.15, 0.2) is 5.82 Å². The lowest BCUT2D eigenvalue weighted by Crippen LogP contribution is -2.46. The third kappa shape index (κ3) is 4.94. The van der Waals surface area contributed by atoms with Crippen LogP contribution in [-0.4, -0.2) is 55.0 Å². The zero-order valence-corrected chi connectivity index (χ0v) is 19.1. The molecule has 1 atom stereocenters. The van der Waals surface area contributed by atoms with Crippen LogP contribution in [0.1, 0.15) is 41.2 Å². The maximum Gasteiger partial charge on any atom is 0.263 e. The Labute approximate surface area is 199 Å². The molecule has 5 rings (SSSR count). The van der Waals surface area contributed by atoms with Crippen molar-refractivity contribution < 1.29 is 17.9 Å². The van der Waals surface area contributed by atoms with Crippen molar-refractivity contribution in [2.75, 3.05) is 24.5 Å². The Balaban J connectivity index is 1.24. The highest BCUT2D eigenvalue weighted by atomic mass is 19.3. The van der Waals surface area contributed by atoms with E-state index in [2.05, 4.69) is 40.9 Å². The number of alkyl halides is 2. The van der Waals surface area contributed by atoms with Crippen LogP contribution in [0.2, 0.25) is 0 Å². The number of hydrogen-bond acceptors (Lipinski definition) is 10. The summed E-state index contributed by atoms with van der Waals surface area (Å²) in [7, 11) is 0. The van der Waals surface area contributed by atoms with Crippen LogP contribution in [0, 0.1) is 13.8 Å². The minimum Gasteiger partial charge on any atom is -0.470 e. The van der Waals surface area contributed by atoms with Gasteiger partial charge >= 0.3 is 0 Å². The number of piperazine rings is 1. The molecule has 35 heavy (non-hydrogen) atoms. The monoisotopic (exact) mass is 483 g/mol. The topological polar surface area (TPSA) is 120 Å². The Morgan fingerprint density at radius 1 is 1.06 bits per heavy atom. The van der Waals surface area contributed by atoms with E-state index >= 15 is 0 Å². The third-order valence-electron chi connectivity index (χ3n) is 5.67. The molecule has 0 amide bonds. The van der Waals surface area contributed by atoms with E-state index in [1.54, 1.807) is 36.7 Å². The van der Waals surface area contributed by atoms with Crippen LogP contribution in [0.3, 0.4) is 0 Å². The quantitative estimate of drug-likeness (QED) is 0.420. The lowest BCUT2D eigenvalue weighted by atomic mass is 10.2. The maximum absolute atomic E-state index is 12.9. The van der Waals surface area contributed by atoms with E-state index in [9.17, 15) is 8.78 Å². The molecule has 4 heterocycles. The number of ether oxygens (including phenoxy) is 1. The van der Waals surface area contributed by atoms with Gasteiger partial charge in [-0.15, -0.1) is 25.5 Å². The van der Waals surface area contributed by atoms with Gasteiger partial charge in [-0.05, 0) is 25.1 Å². The molecule has 1 saturated heterocycles. The summed E-state index contributed by atoms with van der Waals surface area (Å²) in [5, 5.41) is 28.1. The molecule has 1 aromatic carbocycles. The Morgan fingerprint density at radius 2 is 1.89 bits per heavy atom. The van der Waals surface area contributed by atoms with E-state index in [-0.39, 0.29) is 18.2 Å². The van der Waals surface area contributed by atoms with Crippen LogP contribution >= 0.6 is 0 Å². The number of hydrogen-bond donors (Lipinski definition) is 1. The van der Waals surface area contributed by atoms with E-state index in [0.29, 0.717) is 47.1 Å². The molecule has 1 aliphatic rings. The van der Waals surface area contributed by atoms with Gasteiger partial charge in [0.1, 0.15) is 18.3 Å². The summed E-state index contributed by atoms with van der Waals surface area (Å²) in [6.07, 6.45) is -2.53. The molecule has 0 unspecified atom stereocenters. The normalized spacial score (nSPS) is 16.1. The van der Waals surface area contributed by atoms with Crippen molar-refractivity contribution in [3.8, 4) is 11.6 Å². The van der Waals surface area contributed by atoms with Crippen LogP contribution in [0.25, 0.3) is 5.69 Å². The first-order chi connectivity index (χ1) is 17.0. The molecule has 182 valence electrons. The van der Waals surface area contributed by atoms with Gasteiger partial charge in [-0.25, -0.2) is 13.5 Å². The number of nitrogens with one attached hydrogen (secondary N) is 1. The van der Waals surface area contributed by atoms with Crippen molar-refractivity contribution in [3.05, 3.63) is 65.1 Å². The van der Waals surface area contributed by atoms with Crippen LogP contribution in [0.5, 0.6) is 5.88 Å². The summed E-state index contributed by atoms with van der Waals surface area (Å²) in [6, 6.07) is 9.38. The molecule has 1 N–H and O–H groups in total. The molecule has 1 fully saturated rings.